The summed E-state index contributed by atoms with van der Waals surface area (Å²) in [5.41, 5.74) is 5.51. The van der Waals surface area contributed by atoms with Crippen molar-refractivity contribution in [2.24, 2.45) is 5.73 Å². The second-order valence-corrected chi connectivity index (χ2v) is 2.62. The van der Waals surface area contributed by atoms with Crippen molar-refractivity contribution in [2.45, 2.75) is 6.42 Å². The van der Waals surface area contributed by atoms with Gasteiger partial charge in [0.2, 0.25) is 0 Å². The van der Waals surface area contributed by atoms with Crippen molar-refractivity contribution in [3.63, 3.8) is 0 Å². The number of methoxy groups -OCH3 is 1. The van der Waals surface area contributed by atoms with Crippen LogP contribution in [-0.4, -0.2) is 13.7 Å². The van der Waals surface area contributed by atoms with Gasteiger partial charge in [0.05, 0.1) is 7.11 Å². The third-order valence-corrected chi connectivity index (χ3v) is 1.73. The van der Waals surface area contributed by atoms with Crippen molar-refractivity contribution in [2.75, 3.05) is 13.7 Å². The van der Waals surface area contributed by atoms with Crippen molar-refractivity contribution in [3.8, 4) is 5.75 Å². The van der Waals surface area contributed by atoms with Crippen molar-refractivity contribution >= 4 is 12.4 Å². The topological polar surface area (TPSA) is 35.2 Å². The van der Waals surface area contributed by atoms with E-state index in [1.54, 1.807) is 0 Å². The molecule has 0 bridgehead atoms. The fraction of sp³-hybridized carbons (Fsp3) is 0.333. The molecule has 0 radical (unpaired) electrons. The van der Waals surface area contributed by atoms with Gasteiger partial charge in [0.15, 0.2) is 11.6 Å². The summed E-state index contributed by atoms with van der Waals surface area (Å²) < 4.78 is 30.7. The molecule has 2 nitrogen and oxygen atoms in total. The number of benzene rings is 1. The largest absolute Gasteiger partial charge is 0.494 e. The Morgan fingerprint density at radius 3 is 2.43 bits per heavy atom. The van der Waals surface area contributed by atoms with Crippen LogP contribution in [0.1, 0.15) is 5.56 Å². The van der Waals surface area contributed by atoms with Crippen LogP contribution in [0, 0.1) is 11.6 Å². The smallest absolute Gasteiger partial charge is 0.165 e. The van der Waals surface area contributed by atoms with Gasteiger partial charge in [-0.2, -0.15) is 0 Å². The van der Waals surface area contributed by atoms with E-state index in [-0.39, 0.29) is 23.7 Å². The quantitative estimate of drug-likeness (QED) is 0.850. The van der Waals surface area contributed by atoms with Gasteiger partial charge in [-0.3, -0.25) is 0 Å². The lowest BCUT2D eigenvalue weighted by molar-refractivity contribution is 0.382. The summed E-state index contributed by atoms with van der Waals surface area (Å²) in [5, 5.41) is 0. The maximum absolute atomic E-state index is 13.1. The summed E-state index contributed by atoms with van der Waals surface area (Å²) in [4.78, 5) is 0. The van der Waals surface area contributed by atoms with E-state index in [1.807, 2.05) is 0 Å². The summed E-state index contributed by atoms with van der Waals surface area (Å²) in [6.45, 7) is 0.294. The van der Waals surface area contributed by atoms with Gasteiger partial charge in [-0.05, 0) is 24.6 Å². The molecule has 0 aliphatic heterocycles. The number of halogens is 3. The second kappa shape index (κ2) is 5.78. The first kappa shape index (κ1) is 13.1. The Morgan fingerprint density at radius 2 is 1.93 bits per heavy atom. The lowest BCUT2D eigenvalue weighted by Gasteiger charge is -2.05. The maximum Gasteiger partial charge on any atom is 0.165 e. The van der Waals surface area contributed by atoms with Crippen LogP contribution < -0.4 is 10.5 Å². The van der Waals surface area contributed by atoms with E-state index in [4.69, 9.17) is 5.73 Å². The van der Waals surface area contributed by atoms with E-state index in [0.717, 1.165) is 12.1 Å². The minimum atomic E-state index is -0.563. The lowest BCUT2D eigenvalue weighted by atomic mass is 10.1. The monoisotopic (exact) mass is 223 g/mol. The zero-order chi connectivity index (χ0) is 9.84. The summed E-state index contributed by atoms with van der Waals surface area (Å²) in [5.74, 6) is -1.13. The molecule has 1 aromatic carbocycles. The maximum atomic E-state index is 13.1. The van der Waals surface area contributed by atoms with E-state index >= 15 is 0 Å². The van der Waals surface area contributed by atoms with Crippen molar-refractivity contribution in [1.29, 1.82) is 0 Å². The van der Waals surface area contributed by atoms with Gasteiger partial charge in [0.25, 0.3) is 0 Å². The number of hydrogen-bond acceptors (Lipinski definition) is 2. The molecule has 0 aromatic heterocycles. The van der Waals surface area contributed by atoms with Gasteiger partial charge < -0.3 is 10.5 Å². The Bertz CT molecular complexity index is 307. The number of ether oxygens (including phenoxy) is 1. The molecule has 0 aliphatic carbocycles. The fourth-order valence-electron chi connectivity index (χ4n) is 1.07. The van der Waals surface area contributed by atoms with E-state index in [9.17, 15) is 8.78 Å². The van der Waals surface area contributed by atoms with Crippen LogP contribution in [0.5, 0.6) is 5.75 Å². The van der Waals surface area contributed by atoms with E-state index < -0.39 is 11.6 Å². The number of nitrogens with two attached hydrogens (primary N) is 1. The average Bonchev–Trinajstić information content (AvgIpc) is 2.11. The Labute approximate surface area is 87.5 Å². The fourth-order valence-corrected chi connectivity index (χ4v) is 1.07. The van der Waals surface area contributed by atoms with E-state index in [2.05, 4.69) is 4.74 Å². The van der Waals surface area contributed by atoms with Crippen LogP contribution >= 0.6 is 12.4 Å². The Morgan fingerprint density at radius 1 is 1.29 bits per heavy atom. The van der Waals surface area contributed by atoms with Crippen LogP contribution in [0.3, 0.4) is 0 Å². The Hall–Kier alpha value is -0.870. The number of hydrogen-bond donors (Lipinski definition) is 1. The molecule has 0 heterocycles. The molecule has 0 spiro atoms. The minimum absolute atomic E-state index is 0. The first-order valence-electron chi connectivity index (χ1n) is 3.91. The third kappa shape index (κ3) is 2.82. The molecule has 0 amide bonds. The SMILES string of the molecule is COc1cc(F)c(CCN)cc1F.Cl. The van der Waals surface area contributed by atoms with Crippen LogP contribution in [0.25, 0.3) is 0 Å². The molecule has 1 rings (SSSR count). The number of rotatable bonds is 3. The molecule has 2 N–H and O–H groups in total. The molecule has 0 saturated heterocycles. The molecular formula is C9H12ClF2NO. The van der Waals surface area contributed by atoms with Crippen LogP contribution in [-0.2, 0) is 6.42 Å². The molecule has 5 heteroatoms. The zero-order valence-corrected chi connectivity index (χ0v) is 8.54. The predicted octanol–water partition coefficient (Wildman–Crippen LogP) is 1.90. The first-order valence-corrected chi connectivity index (χ1v) is 3.91. The highest BCUT2D eigenvalue weighted by molar-refractivity contribution is 5.85. The molecule has 1 aromatic rings. The lowest BCUT2D eigenvalue weighted by Crippen LogP contribution is -2.05. The van der Waals surface area contributed by atoms with Crippen molar-refractivity contribution in [1.82, 2.24) is 0 Å². The summed E-state index contributed by atoms with van der Waals surface area (Å²) >= 11 is 0. The zero-order valence-electron chi connectivity index (χ0n) is 7.72. The summed E-state index contributed by atoms with van der Waals surface area (Å²) in [7, 11) is 1.29. The standard InChI is InChI=1S/C9H11F2NO.ClH/c1-13-9-5-7(10)6(2-3-12)4-8(9)11;/h4-5H,2-3,12H2,1H3;1H. The van der Waals surface area contributed by atoms with Crippen LogP contribution in [0.4, 0.5) is 8.78 Å². The highest BCUT2D eigenvalue weighted by Gasteiger charge is 2.09. The normalized spacial score (nSPS) is 9.43. The molecule has 0 atom stereocenters. The predicted molar refractivity (Wildman–Crippen MR) is 52.9 cm³/mol. The third-order valence-electron chi connectivity index (χ3n) is 1.73. The molecule has 0 saturated carbocycles. The molecule has 0 unspecified atom stereocenters. The molecule has 0 fully saturated rings. The van der Waals surface area contributed by atoms with Gasteiger partial charge in [-0.25, -0.2) is 8.78 Å². The van der Waals surface area contributed by atoms with Gasteiger partial charge in [-0.1, -0.05) is 0 Å². The van der Waals surface area contributed by atoms with Gasteiger partial charge in [-0.15, -0.1) is 12.4 Å². The van der Waals surface area contributed by atoms with Gasteiger partial charge in [0, 0.05) is 6.07 Å². The second-order valence-electron chi connectivity index (χ2n) is 2.62. The van der Waals surface area contributed by atoms with Crippen molar-refractivity contribution in [3.05, 3.63) is 29.3 Å². The van der Waals surface area contributed by atoms with E-state index in [1.165, 1.54) is 7.11 Å². The van der Waals surface area contributed by atoms with Crippen molar-refractivity contribution < 1.29 is 13.5 Å². The Kier molecular flexibility index (Phi) is 5.42. The highest BCUT2D eigenvalue weighted by atomic mass is 35.5. The summed E-state index contributed by atoms with van der Waals surface area (Å²) in [6, 6.07) is 2.14. The summed E-state index contributed by atoms with van der Waals surface area (Å²) in [6.07, 6.45) is 0.326. The molecule has 80 valence electrons. The van der Waals surface area contributed by atoms with Gasteiger partial charge >= 0.3 is 0 Å². The molecule has 0 aliphatic rings. The minimum Gasteiger partial charge on any atom is -0.494 e. The Balaban J connectivity index is 0.00000169. The molecular weight excluding hydrogens is 212 g/mol. The van der Waals surface area contributed by atoms with Crippen LogP contribution in [0.15, 0.2) is 12.1 Å². The first-order chi connectivity index (χ1) is 6.19. The van der Waals surface area contributed by atoms with Gasteiger partial charge in [0.1, 0.15) is 5.82 Å². The van der Waals surface area contributed by atoms with Crippen LogP contribution in [0.2, 0.25) is 0 Å². The average molecular weight is 224 g/mol. The van der Waals surface area contributed by atoms with E-state index in [0.29, 0.717) is 13.0 Å². The molecule has 14 heavy (non-hydrogen) atoms. The highest BCUT2D eigenvalue weighted by Crippen LogP contribution is 2.21.